The van der Waals surface area contributed by atoms with Gasteiger partial charge in [-0.15, -0.1) is 0 Å². The minimum atomic E-state index is 0.171. The molecular formula is C18H31N3. The lowest BCUT2D eigenvalue weighted by atomic mass is 9.95. The maximum absolute atomic E-state index is 6.32. The van der Waals surface area contributed by atoms with Gasteiger partial charge in [-0.2, -0.15) is 0 Å². The van der Waals surface area contributed by atoms with Crippen LogP contribution in [-0.4, -0.2) is 50.1 Å². The number of piperidine rings is 1. The van der Waals surface area contributed by atoms with Crippen LogP contribution in [0.4, 0.5) is 0 Å². The second kappa shape index (κ2) is 7.92. The Morgan fingerprint density at radius 2 is 1.81 bits per heavy atom. The van der Waals surface area contributed by atoms with Crippen LogP contribution < -0.4 is 5.73 Å². The number of hydrogen-bond acceptors (Lipinski definition) is 3. The Morgan fingerprint density at radius 1 is 1.19 bits per heavy atom. The average Bonchev–Trinajstić information content (AvgIpc) is 2.46. The molecule has 0 saturated carbocycles. The van der Waals surface area contributed by atoms with E-state index in [0.29, 0.717) is 0 Å². The van der Waals surface area contributed by atoms with Crippen molar-refractivity contribution in [1.82, 2.24) is 9.80 Å². The van der Waals surface area contributed by atoms with Crippen LogP contribution in [0.5, 0.6) is 0 Å². The highest BCUT2D eigenvalue weighted by Gasteiger charge is 2.20. The van der Waals surface area contributed by atoms with Crippen molar-refractivity contribution >= 4 is 0 Å². The SMILES string of the molecule is Cc1ccc(C(N)CCN2CCC(CN(C)C)CC2)cc1. The van der Waals surface area contributed by atoms with Gasteiger partial charge in [0.1, 0.15) is 0 Å². The summed E-state index contributed by atoms with van der Waals surface area (Å²) in [4.78, 5) is 4.90. The molecule has 0 bridgehead atoms. The summed E-state index contributed by atoms with van der Waals surface area (Å²) >= 11 is 0. The van der Waals surface area contributed by atoms with Crippen molar-refractivity contribution < 1.29 is 0 Å². The number of rotatable bonds is 6. The molecule has 1 aromatic rings. The minimum absolute atomic E-state index is 0.171. The molecule has 2 N–H and O–H groups in total. The van der Waals surface area contributed by atoms with Crippen molar-refractivity contribution in [2.75, 3.05) is 40.3 Å². The zero-order chi connectivity index (χ0) is 15.2. The van der Waals surface area contributed by atoms with Gasteiger partial charge >= 0.3 is 0 Å². The van der Waals surface area contributed by atoms with Crippen LogP contribution >= 0.6 is 0 Å². The number of hydrogen-bond donors (Lipinski definition) is 1. The maximum Gasteiger partial charge on any atom is 0.0307 e. The zero-order valence-corrected chi connectivity index (χ0v) is 13.9. The third-order valence-corrected chi connectivity index (χ3v) is 4.59. The third kappa shape index (κ3) is 5.42. The summed E-state index contributed by atoms with van der Waals surface area (Å²) in [5.41, 5.74) is 8.89. The molecule has 2 rings (SSSR count). The molecule has 0 aromatic heterocycles. The highest BCUT2D eigenvalue weighted by atomic mass is 15.1. The second-order valence-electron chi connectivity index (χ2n) is 6.85. The summed E-state index contributed by atoms with van der Waals surface area (Å²) in [6, 6.07) is 8.82. The zero-order valence-electron chi connectivity index (χ0n) is 13.9. The first-order valence-corrected chi connectivity index (χ1v) is 8.24. The van der Waals surface area contributed by atoms with Gasteiger partial charge in [0.05, 0.1) is 0 Å². The van der Waals surface area contributed by atoms with E-state index < -0.39 is 0 Å². The van der Waals surface area contributed by atoms with E-state index in [9.17, 15) is 0 Å². The molecule has 1 saturated heterocycles. The molecule has 1 unspecified atom stereocenters. The molecular weight excluding hydrogens is 258 g/mol. The number of nitrogens with two attached hydrogens (primary N) is 1. The summed E-state index contributed by atoms with van der Waals surface area (Å²) in [7, 11) is 4.35. The average molecular weight is 289 g/mol. The summed E-state index contributed by atoms with van der Waals surface area (Å²) in [6.45, 7) is 6.95. The largest absolute Gasteiger partial charge is 0.324 e. The van der Waals surface area contributed by atoms with Gasteiger partial charge in [-0.25, -0.2) is 0 Å². The highest BCUT2D eigenvalue weighted by Crippen LogP contribution is 2.20. The number of aryl methyl sites for hydroxylation is 1. The van der Waals surface area contributed by atoms with E-state index in [2.05, 4.69) is 55.1 Å². The smallest absolute Gasteiger partial charge is 0.0307 e. The van der Waals surface area contributed by atoms with Crippen LogP contribution in [0, 0.1) is 12.8 Å². The molecule has 1 atom stereocenters. The van der Waals surface area contributed by atoms with Crippen molar-refractivity contribution in [2.24, 2.45) is 11.7 Å². The number of nitrogens with zero attached hydrogens (tertiary/aromatic N) is 2. The van der Waals surface area contributed by atoms with E-state index in [1.165, 1.54) is 43.6 Å². The summed E-state index contributed by atoms with van der Waals surface area (Å²) in [5, 5.41) is 0. The second-order valence-corrected chi connectivity index (χ2v) is 6.85. The Balaban J connectivity index is 1.70. The molecule has 1 aromatic carbocycles. The van der Waals surface area contributed by atoms with Gasteiger partial charge in [0, 0.05) is 12.6 Å². The highest BCUT2D eigenvalue weighted by molar-refractivity contribution is 5.23. The van der Waals surface area contributed by atoms with Crippen molar-refractivity contribution in [1.29, 1.82) is 0 Å². The molecule has 21 heavy (non-hydrogen) atoms. The quantitative estimate of drug-likeness (QED) is 0.874. The van der Waals surface area contributed by atoms with Crippen molar-refractivity contribution in [3.63, 3.8) is 0 Å². The Kier molecular flexibility index (Phi) is 6.22. The van der Waals surface area contributed by atoms with E-state index in [1.54, 1.807) is 0 Å². The Morgan fingerprint density at radius 3 is 2.38 bits per heavy atom. The van der Waals surface area contributed by atoms with Gasteiger partial charge in [-0.3, -0.25) is 0 Å². The van der Waals surface area contributed by atoms with Crippen LogP contribution in [0.1, 0.15) is 36.4 Å². The normalized spacial score (nSPS) is 19.1. The lowest BCUT2D eigenvalue weighted by Gasteiger charge is -2.33. The topological polar surface area (TPSA) is 32.5 Å². The van der Waals surface area contributed by atoms with Gasteiger partial charge in [-0.05, 0) is 71.4 Å². The maximum atomic E-state index is 6.32. The van der Waals surface area contributed by atoms with Crippen LogP contribution in [0.3, 0.4) is 0 Å². The van der Waals surface area contributed by atoms with Gasteiger partial charge in [-0.1, -0.05) is 29.8 Å². The molecule has 3 nitrogen and oxygen atoms in total. The van der Waals surface area contributed by atoms with E-state index in [-0.39, 0.29) is 6.04 Å². The van der Waals surface area contributed by atoms with Crippen LogP contribution in [0.2, 0.25) is 0 Å². The number of likely N-dealkylation sites (tertiary alicyclic amines) is 1. The predicted molar refractivity (Wildman–Crippen MR) is 90.4 cm³/mol. The van der Waals surface area contributed by atoms with Crippen molar-refractivity contribution in [3.8, 4) is 0 Å². The molecule has 0 spiro atoms. The molecule has 1 aliphatic heterocycles. The third-order valence-electron chi connectivity index (χ3n) is 4.59. The van der Waals surface area contributed by atoms with Crippen LogP contribution in [-0.2, 0) is 0 Å². The monoisotopic (exact) mass is 289 g/mol. The molecule has 1 heterocycles. The Bertz CT molecular complexity index is 405. The van der Waals surface area contributed by atoms with E-state index >= 15 is 0 Å². The van der Waals surface area contributed by atoms with E-state index in [4.69, 9.17) is 5.73 Å². The molecule has 3 heteroatoms. The lowest BCUT2D eigenvalue weighted by Crippen LogP contribution is -2.38. The summed E-state index contributed by atoms with van der Waals surface area (Å²) < 4.78 is 0. The van der Waals surface area contributed by atoms with Gasteiger partial charge in [0.2, 0.25) is 0 Å². The fourth-order valence-electron chi connectivity index (χ4n) is 3.21. The fourth-order valence-corrected chi connectivity index (χ4v) is 3.21. The van der Waals surface area contributed by atoms with Gasteiger partial charge < -0.3 is 15.5 Å². The molecule has 1 fully saturated rings. The Labute approximate surface area is 130 Å². The van der Waals surface area contributed by atoms with Gasteiger partial charge in [0.15, 0.2) is 0 Å². The summed E-state index contributed by atoms with van der Waals surface area (Å²) in [6.07, 6.45) is 3.72. The van der Waals surface area contributed by atoms with Crippen molar-refractivity contribution in [3.05, 3.63) is 35.4 Å². The fraction of sp³-hybridized carbons (Fsp3) is 0.667. The molecule has 118 valence electrons. The van der Waals surface area contributed by atoms with E-state index in [1.807, 2.05) is 0 Å². The molecule has 0 amide bonds. The van der Waals surface area contributed by atoms with Gasteiger partial charge in [0.25, 0.3) is 0 Å². The van der Waals surface area contributed by atoms with E-state index in [0.717, 1.165) is 18.9 Å². The predicted octanol–water partition coefficient (Wildman–Crippen LogP) is 2.66. The summed E-state index contributed by atoms with van der Waals surface area (Å²) in [5.74, 6) is 0.877. The van der Waals surface area contributed by atoms with Crippen LogP contribution in [0.15, 0.2) is 24.3 Å². The molecule has 1 aliphatic rings. The first kappa shape index (κ1) is 16.5. The first-order chi connectivity index (χ1) is 10.0. The molecule has 0 aliphatic carbocycles. The molecule has 0 radical (unpaired) electrons. The first-order valence-electron chi connectivity index (χ1n) is 8.24. The minimum Gasteiger partial charge on any atom is -0.324 e. The van der Waals surface area contributed by atoms with Crippen molar-refractivity contribution in [2.45, 2.75) is 32.2 Å². The standard InChI is InChI=1S/C18H31N3/c1-15-4-6-17(7-5-15)18(19)10-13-21-11-8-16(9-12-21)14-20(2)3/h4-7,16,18H,8-14,19H2,1-3H3. The Hall–Kier alpha value is -0.900. The van der Waals surface area contributed by atoms with Crippen LogP contribution in [0.25, 0.3) is 0 Å². The number of benzene rings is 1. The lowest BCUT2D eigenvalue weighted by molar-refractivity contribution is 0.159.